The lowest BCUT2D eigenvalue weighted by atomic mass is 10.2. The summed E-state index contributed by atoms with van der Waals surface area (Å²) in [6, 6.07) is 2.74. The standard InChI is InChI=1S/C11H10BrNO4/c12-9-3-8(5-14)4-10(13(15)16)11(9)17-6-7-1-2-7/h3-5,7H,1-2,6H2. The van der Waals surface area contributed by atoms with Crippen molar-refractivity contribution < 1.29 is 14.5 Å². The van der Waals surface area contributed by atoms with Crippen LogP contribution in [0.3, 0.4) is 0 Å². The first kappa shape index (κ1) is 12.0. The Morgan fingerprint density at radius 1 is 1.53 bits per heavy atom. The van der Waals surface area contributed by atoms with Gasteiger partial charge in [-0.15, -0.1) is 0 Å². The molecular weight excluding hydrogens is 290 g/mol. The summed E-state index contributed by atoms with van der Waals surface area (Å²) in [4.78, 5) is 21.0. The molecule has 1 aliphatic carbocycles. The number of carbonyl (C=O) groups excluding carboxylic acids is 1. The molecule has 2 rings (SSSR count). The summed E-state index contributed by atoms with van der Waals surface area (Å²) in [5, 5.41) is 10.9. The second kappa shape index (κ2) is 4.83. The number of hydrogen-bond acceptors (Lipinski definition) is 4. The maximum absolute atomic E-state index is 10.9. The van der Waals surface area contributed by atoms with Gasteiger partial charge in [0.05, 0.1) is 16.0 Å². The average Bonchev–Trinajstić information content (AvgIpc) is 3.10. The maximum Gasteiger partial charge on any atom is 0.312 e. The number of halogens is 1. The molecule has 1 aliphatic rings. The Bertz CT molecular complexity index is 471. The van der Waals surface area contributed by atoms with Gasteiger partial charge in [-0.25, -0.2) is 0 Å². The average molecular weight is 300 g/mol. The lowest BCUT2D eigenvalue weighted by molar-refractivity contribution is -0.386. The molecule has 0 saturated heterocycles. The lowest BCUT2D eigenvalue weighted by Gasteiger charge is -2.08. The van der Waals surface area contributed by atoms with Crippen molar-refractivity contribution in [2.75, 3.05) is 6.61 Å². The van der Waals surface area contributed by atoms with Gasteiger partial charge >= 0.3 is 5.69 Å². The molecule has 0 radical (unpaired) electrons. The van der Waals surface area contributed by atoms with E-state index in [-0.39, 0.29) is 17.0 Å². The van der Waals surface area contributed by atoms with Crippen LogP contribution in [0.1, 0.15) is 23.2 Å². The van der Waals surface area contributed by atoms with E-state index in [2.05, 4.69) is 15.9 Å². The molecule has 0 amide bonds. The number of hydrogen-bond donors (Lipinski definition) is 0. The molecule has 0 aliphatic heterocycles. The van der Waals surface area contributed by atoms with Crippen molar-refractivity contribution >= 4 is 27.9 Å². The van der Waals surface area contributed by atoms with E-state index >= 15 is 0 Å². The third-order valence-electron chi connectivity index (χ3n) is 2.54. The van der Waals surface area contributed by atoms with E-state index in [1.807, 2.05) is 0 Å². The monoisotopic (exact) mass is 299 g/mol. The summed E-state index contributed by atoms with van der Waals surface area (Å²) in [5.74, 6) is 0.708. The quantitative estimate of drug-likeness (QED) is 0.476. The normalized spacial score (nSPS) is 14.4. The van der Waals surface area contributed by atoms with Crippen molar-refractivity contribution in [3.05, 3.63) is 32.3 Å². The van der Waals surface area contributed by atoms with Gasteiger partial charge in [0.15, 0.2) is 0 Å². The van der Waals surface area contributed by atoms with E-state index in [4.69, 9.17) is 4.74 Å². The molecule has 1 aromatic rings. The highest BCUT2D eigenvalue weighted by atomic mass is 79.9. The van der Waals surface area contributed by atoms with E-state index in [9.17, 15) is 14.9 Å². The Labute approximate surface area is 106 Å². The third-order valence-corrected chi connectivity index (χ3v) is 3.13. The molecule has 6 heteroatoms. The van der Waals surface area contributed by atoms with Crippen LogP contribution in [0.15, 0.2) is 16.6 Å². The lowest BCUT2D eigenvalue weighted by Crippen LogP contribution is -2.03. The van der Waals surface area contributed by atoms with Crippen LogP contribution in [0.5, 0.6) is 5.75 Å². The van der Waals surface area contributed by atoms with E-state index in [0.717, 1.165) is 12.8 Å². The molecule has 0 heterocycles. The van der Waals surface area contributed by atoms with Gasteiger partial charge < -0.3 is 4.74 Å². The molecule has 0 bridgehead atoms. The molecule has 0 atom stereocenters. The molecule has 0 aromatic heterocycles. The van der Waals surface area contributed by atoms with Crippen LogP contribution in [0.25, 0.3) is 0 Å². The molecule has 90 valence electrons. The molecule has 1 fully saturated rings. The zero-order chi connectivity index (χ0) is 12.4. The second-order valence-electron chi connectivity index (χ2n) is 3.98. The van der Waals surface area contributed by atoms with Crippen LogP contribution in [0.2, 0.25) is 0 Å². The highest BCUT2D eigenvalue weighted by molar-refractivity contribution is 9.10. The topological polar surface area (TPSA) is 69.4 Å². The Morgan fingerprint density at radius 3 is 2.76 bits per heavy atom. The Kier molecular flexibility index (Phi) is 3.42. The van der Waals surface area contributed by atoms with Gasteiger partial charge in [-0.3, -0.25) is 14.9 Å². The Morgan fingerprint density at radius 2 is 2.24 bits per heavy atom. The zero-order valence-electron chi connectivity index (χ0n) is 8.89. The van der Waals surface area contributed by atoms with Crippen molar-refractivity contribution in [1.29, 1.82) is 0 Å². The zero-order valence-corrected chi connectivity index (χ0v) is 10.5. The molecule has 0 spiro atoms. The number of nitro benzene ring substituents is 1. The van der Waals surface area contributed by atoms with E-state index in [1.54, 1.807) is 0 Å². The highest BCUT2D eigenvalue weighted by Gasteiger charge is 2.25. The highest BCUT2D eigenvalue weighted by Crippen LogP contribution is 2.38. The minimum Gasteiger partial charge on any atom is -0.486 e. The third kappa shape index (κ3) is 2.82. The number of aldehydes is 1. The van der Waals surface area contributed by atoms with Gasteiger partial charge in [-0.2, -0.15) is 0 Å². The Hall–Kier alpha value is -1.43. The summed E-state index contributed by atoms with van der Waals surface area (Å²) in [6.45, 7) is 0.486. The van der Waals surface area contributed by atoms with Gasteiger partial charge in [-0.05, 0) is 40.8 Å². The van der Waals surface area contributed by atoms with E-state index < -0.39 is 4.92 Å². The number of carbonyl (C=O) groups is 1. The molecule has 1 saturated carbocycles. The van der Waals surface area contributed by atoms with Crippen LogP contribution in [-0.4, -0.2) is 17.8 Å². The largest absolute Gasteiger partial charge is 0.486 e. The number of rotatable bonds is 5. The predicted octanol–water partition coefficient (Wildman–Crippen LogP) is 2.96. The first-order valence-corrected chi connectivity index (χ1v) is 5.97. The molecule has 5 nitrogen and oxygen atoms in total. The molecule has 17 heavy (non-hydrogen) atoms. The Balaban J connectivity index is 2.32. The van der Waals surface area contributed by atoms with Crippen molar-refractivity contribution in [3.8, 4) is 5.75 Å². The number of nitro groups is 1. The van der Waals surface area contributed by atoms with Crippen LogP contribution >= 0.6 is 15.9 Å². The van der Waals surface area contributed by atoms with Crippen molar-refractivity contribution in [1.82, 2.24) is 0 Å². The van der Waals surface area contributed by atoms with Gasteiger partial charge in [0.25, 0.3) is 0 Å². The summed E-state index contributed by atoms with van der Waals surface area (Å²) >= 11 is 3.19. The maximum atomic E-state index is 10.9. The van der Waals surface area contributed by atoms with Crippen LogP contribution in [0, 0.1) is 16.0 Å². The summed E-state index contributed by atoms with van der Waals surface area (Å²) in [5.41, 5.74) is 0.0736. The predicted molar refractivity (Wildman–Crippen MR) is 64.4 cm³/mol. The summed E-state index contributed by atoms with van der Waals surface area (Å²) < 4.78 is 5.89. The van der Waals surface area contributed by atoms with Gasteiger partial charge in [0.1, 0.15) is 6.29 Å². The van der Waals surface area contributed by atoms with Gasteiger partial charge in [0, 0.05) is 11.6 Å². The first-order valence-electron chi connectivity index (χ1n) is 5.17. The molecule has 0 N–H and O–H groups in total. The van der Waals surface area contributed by atoms with Gasteiger partial charge in [-0.1, -0.05) is 0 Å². The fourth-order valence-electron chi connectivity index (χ4n) is 1.43. The number of benzene rings is 1. The number of nitrogens with zero attached hydrogens (tertiary/aromatic N) is 1. The minimum absolute atomic E-state index is 0.179. The van der Waals surface area contributed by atoms with Gasteiger partial charge in [0.2, 0.25) is 5.75 Å². The second-order valence-corrected chi connectivity index (χ2v) is 4.83. The molecule has 0 unspecified atom stereocenters. The smallest absolute Gasteiger partial charge is 0.312 e. The van der Waals surface area contributed by atoms with Crippen molar-refractivity contribution in [3.63, 3.8) is 0 Å². The summed E-state index contributed by atoms with van der Waals surface area (Å²) in [6.07, 6.45) is 2.79. The van der Waals surface area contributed by atoms with E-state index in [0.29, 0.717) is 23.3 Å². The van der Waals surface area contributed by atoms with Crippen molar-refractivity contribution in [2.24, 2.45) is 5.92 Å². The molecule has 1 aromatic carbocycles. The molecular formula is C11H10BrNO4. The van der Waals surface area contributed by atoms with Crippen LogP contribution < -0.4 is 4.74 Å². The van der Waals surface area contributed by atoms with E-state index in [1.165, 1.54) is 12.1 Å². The van der Waals surface area contributed by atoms with Crippen molar-refractivity contribution in [2.45, 2.75) is 12.8 Å². The van der Waals surface area contributed by atoms with Crippen LogP contribution in [-0.2, 0) is 0 Å². The fraction of sp³-hybridized carbons (Fsp3) is 0.364. The number of ether oxygens (including phenoxy) is 1. The van der Waals surface area contributed by atoms with Crippen LogP contribution in [0.4, 0.5) is 5.69 Å². The fourth-order valence-corrected chi connectivity index (χ4v) is 2.01. The first-order chi connectivity index (χ1) is 8.11. The summed E-state index contributed by atoms with van der Waals surface area (Å²) in [7, 11) is 0. The minimum atomic E-state index is -0.542. The SMILES string of the molecule is O=Cc1cc(Br)c(OCC2CC2)c([N+](=O)[O-])c1.